The van der Waals surface area contributed by atoms with Gasteiger partial charge < -0.3 is 5.73 Å². The summed E-state index contributed by atoms with van der Waals surface area (Å²) in [7, 11) is -3.69. The number of nitrogens with one attached hydrogen (secondary N) is 1. The van der Waals surface area contributed by atoms with Gasteiger partial charge in [-0.15, -0.1) is 0 Å². The number of anilines is 1. The molecular formula is C14H14BrFN2O2S. The standard InChI is InChI=1S/C14H14BrFN2O2S/c15-12-4-5-14(13(16)7-12)18-21(19,20)9-11-3-1-2-10(6-11)8-17/h1-7,18H,8-9,17H2. The van der Waals surface area contributed by atoms with Crippen LogP contribution in [0.25, 0.3) is 0 Å². The van der Waals surface area contributed by atoms with Crippen LogP contribution in [0.15, 0.2) is 46.9 Å². The Hall–Kier alpha value is -1.44. The molecule has 112 valence electrons. The number of nitrogens with two attached hydrogens (primary N) is 1. The Balaban J connectivity index is 2.18. The van der Waals surface area contributed by atoms with E-state index in [1.807, 2.05) is 6.07 Å². The SMILES string of the molecule is NCc1cccc(CS(=O)(=O)Nc2ccc(Br)cc2F)c1. The quantitative estimate of drug-likeness (QED) is 0.847. The van der Waals surface area contributed by atoms with Crippen molar-refractivity contribution < 1.29 is 12.8 Å². The summed E-state index contributed by atoms with van der Waals surface area (Å²) in [5, 5.41) is 0. The van der Waals surface area contributed by atoms with Crippen LogP contribution in [0.4, 0.5) is 10.1 Å². The van der Waals surface area contributed by atoms with Crippen molar-refractivity contribution in [3.8, 4) is 0 Å². The van der Waals surface area contributed by atoms with Crippen molar-refractivity contribution in [2.24, 2.45) is 5.73 Å². The molecule has 2 rings (SSSR count). The predicted octanol–water partition coefficient (Wildman–Crippen LogP) is 2.99. The van der Waals surface area contributed by atoms with E-state index in [1.165, 1.54) is 12.1 Å². The lowest BCUT2D eigenvalue weighted by atomic mass is 10.1. The molecule has 0 aliphatic heterocycles. The molecule has 0 fully saturated rings. The lowest BCUT2D eigenvalue weighted by Crippen LogP contribution is -2.16. The lowest BCUT2D eigenvalue weighted by Gasteiger charge is -2.10. The normalized spacial score (nSPS) is 11.4. The van der Waals surface area contributed by atoms with E-state index < -0.39 is 15.8 Å². The van der Waals surface area contributed by atoms with Crippen molar-refractivity contribution >= 4 is 31.6 Å². The van der Waals surface area contributed by atoms with Gasteiger partial charge in [0.25, 0.3) is 0 Å². The maximum Gasteiger partial charge on any atom is 0.237 e. The zero-order chi connectivity index (χ0) is 15.5. The molecule has 3 N–H and O–H groups in total. The van der Waals surface area contributed by atoms with E-state index in [1.54, 1.807) is 24.3 Å². The fraction of sp³-hybridized carbons (Fsp3) is 0.143. The highest BCUT2D eigenvalue weighted by atomic mass is 79.9. The number of sulfonamides is 1. The molecule has 2 aromatic carbocycles. The van der Waals surface area contributed by atoms with E-state index in [9.17, 15) is 12.8 Å². The Morgan fingerprint density at radius 1 is 1.14 bits per heavy atom. The van der Waals surface area contributed by atoms with E-state index in [4.69, 9.17) is 5.73 Å². The first kappa shape index (κ1) is 15.9. The van der Waals surface area contributed by atoms with Crippen molar-refractivity contribution in [3.05, 3.63) is 63.9 Å². The van der Waals surface area contributed by atoms with Crippen LogP contribution in [0.2, 0.25) is 0 Å². The summed E-state index contributed by atoms with van der Waals surface area (Å²) >= 11 is 3.12. The van der Waals surface area contributed by atoms with E-state index in [0.29, 0.717) is 16.6 Å². The summed E-state index contributed by atoms with van der Waals surface area (Å²) in [6, 6.07) is 11.1. The summed E-state index contributed by atoms with van der Waals surface area (Å²) in [5.41, 5.74) is 6.89. The second kappa shape index (κ2) is 6.55. The fourth-order valence-electron chi connectivity index (χ4n) is 1.84. The minimum Gasteiger partial charge on any atom is -0.326 e. The number of benzene rings is 2. The highest BCUT2D eigenvalue weighted by Gasteiger charge is 2.14. The molecule has 0 aliphatic carbocycles. The van der Waals surface area contributed by atoms with Crippen molar-refractivity contribution in [2.45, 2.75) is 12.3 Å². The van der Waals surface area contributed by atoms with E-state index in [0.717, 1.165) is 5.56 Å². The largest absolute Gasteiger partial charge is 0.326 e. The summed E-state index contributed by atoms with van der Waals surface area (Å²) in [6.45, 7) is 0.336. The molecule has 2 aromatic rings. The average Bonchev–Trinajstić information content (AvgIpc) is 2.41. The predicted molar refractivity (Wildman–Crippen MR) is 84.7 cm³/mol. The number of hydrogen-bond donors (Lipinski definition) is 2. The van der Waals surface area contributed by atoms with Gasteiger partial charge in [-0.1, -0.05) is 40.2 Å². The zero-order valence-electron chi connectivity index (χ0n) is 11.0. The van der Waals surface area contributed by atoms with Crippen LogP contribution in [0.5, 0.6) is 0 Å². The third kappa shape index (κ3) is 4.52. The zero-order valence-corrected chi connectivity index (χ0v) is 13.4. The van der Waals surface area contributed by atoms with Gasteiger partial charge in [-0.25, -0.2) is 12.8 Å². The van der Waals surface area contributed by atoms with Crippen molar-refractivity contribution in [3.63, 3.8) is 0 Å². The molecule has 0 bridgehead atoms. The lowest BCUT2D eigenvalue weighted by molar-refractivity contribution is 0.597. The first-order chi connectivity index (χ1) is 9.89. The summed E-state index contributed by atoms with van der Waals surface area (Å²) in [4.78, 5) is 0. The molecule has 0 saturated carbocycles. The third-order valence-corrected chi connectivity index (χ3v) is 4.52. The Labute approximate surface area is 131 Å². The van der Waals surface area contributed by atoms with Crippen LogP contribution < -0.4 is 10.5 Å². The van der Waals surface area contributed by atoms with Crippen LogP contribution in [0, 0.1) is 5.82 Å². The average molecular weight is 373 g/mol. The molecular weight excluding hydrogens is 359 g/mol. The first-order valence-corrected chi connectivity index (χ1v) is 8.57. The van der Waals surface area contributed by atoms with E-state index in [-0.39, 0.29) is 11.4 Å². The van der Waals surface area contributed by atoms with Gasteiger partial charge in [-0.3, -0.25) is 4.72 Å². The minimum absolute atomic E-state index is 0.0758. The molecule has 0 aliphatic rings. The van der Waals surface area contributed by atoms with Crippen LogP contribution in [-0.2, 0) is 22.3 Å². The van der Waals surface area contributed by atoms with Gasteiger partial charge in [-0.05, 0) is 29.3 Å². The second-order valence-electron chi connectivity index (χ2n) is 4.51. The molecule has 0 amide bonds. The Morgan fingerprint density at radius 2 is 1.86 bits per heavy atom. The fourth-order valence-corrected chi connectivity index (χ4v) is 3.37. The molecule has 4 nitrogen and oxygen atoms in total. The van der Waals surface area contributed by atoms with Gasteiger partial charge in [0, 0.05) is 11.0 Å². The first-order valence-electron chi connectivity index (χ1n) is 6.13. The molecule has 0 radical (unpaired) electrons. The molecule has 0 spiro atoms. The van der Waals surface area contributed by atoms with E-state index in [2.05, 4.69) is 20.7 Å². The van der Waals surface area contributed by atoms with Gasteiger partial charge in [-0.2, -0.15) is 0 Å². The van der Waals surface area contributed by atoms with Gasteiger partial charge in [0.05, 0.1) is 11.4 Å². The van der Waals surface area contributed by atoms with Crippen LogP contribution in [0.1, 0.15) is 11.1 Å². The van der Waals surface area contributed by atoms with Crippen LogP contribution in [0.3, 0.4) is 0 Å². The van der Waals surface area contributed by atoms with E-state index >= 15 is 0 Å². The summed E-state index contributed by atoms with van der Waals surface area (Å²) in [6.07, 6.45) is 0. The van der Waals surface area contributed by atoms with Gasteiger partial charge in [0.15, 0.2) is 0 Å². The molecule has 0 aromatic heterocycles. The maximum absolute atomic E-state index is 13.7. The van der Waals surface area contributed by atoms with Crippen molar-refractivity contribution in [1.82, 2.24) is 0 Å². The monoisotopic (exact) mass is 372 g/mol. The van der Waals surface area contributed by atoms with Crippen molar-refractivity contribution in [2.75, 3.05) is 4.72 Å². The highest BCUT2D eigenvalue weighted by molar-refractivity contribution is 9.10. The van der Waals surface area contributed by atoms with Crippen molar-refractivity contribution in [1.29, 1.82) is 0 Å². The summed E-state index contributed by atoms with van der Waals surface area (Å²) < 4.78 is 40.6. The summed E-state index contributed by atoms with van der Waals surface area (Å²) in [5.74, 6) is -0.875. The minimum atomic E-state index is -3.69. The third-order valence-electron chi connectivity index (χ3n) is 2.78. The Kier molecular flexibility index (Phi) is 4.97. The Bertz CT molecular complexity index is 750. The molecule has 7 heteroatoms. The smallest absolute Gasteiger partial charge is 0.237 e. The number of hydrogen-bond acceptors (Lipinski definition) is 3. The molecule has 0 heterocycles. The molecule has 0 atom stereocenters. The maximum atomic E-state index is 13.7. The second-order valence-corrected chi connectivity index (χ2v) is 7.15. The topological polar surface area (TPSA) is 72.2 Å². The van der Waals surface area contributed by atoms with Crippen LogP contribution in [-0.4, -0.2) is 8.42 Å². The number of rotatable bonds is 5. The molecule has 21 heavy (non-hydrogen) atoms. The Morgan fingerprint density at radius 3 is 2.52 bits per heavy atom. The molecule has 0 unspecified atom stereocenters. The van der Waals surface area contributed by atoms with Gasteiger partial charge in [0.2, 0.25) is 10.0 Å². The highest BCUT2D eigenvalue weighted by Crippen LogP contribution is 2.21. The number of halogens is 2. The van der Waals surface area contributed by atoms with Gasteiger partial charge in [0.1, 0.15) is 5.82 Å². The molecule has 0 saturated heterocycles. The van der Waals surface area contributed by atoms with Gasteiger partial charge >= 0.3 is 0 Å². The van der Waals surface area contributed by atoms with Crippen LogP contribution >= 0.6 is 15.9 Å².